The normalized spacial score (nSPS) is 10.7. The van der Waals surface area contributed by atoms with Gasteiger partial charge in [0.05, 0.1) is 28.4 Å². The third-order valence-electron chi connectivity index (χ3n) is 4.05. The highest BCUT2D eigenvalue weighted by atomic mass is 35.5. The van der Waals surface area contributed by atoms with E-state index in [0.29, 0.717) is 39.8 Å². The fourth-order valence-electron chi connectivity index (χ4n) is 2.51. The van der Waals surface area contributed by atoms with Crippen LogP contribution in [0.15, 0.2) is 71.8 Å². The van der Waals surface area contributed by atoms with E-state index in [0.717, 1.165) is 0 Å². The van der Waals surface area contributed by atoms with Gasteiger partial charge in [0.25, 0.3) is 5.91 Å². The summed E-state index contributed by atoms with van der Waals surface area (Å²) in [5, 5.41) is 4.56. The summed E-state index contributed by atoms with van der Waals surface area (Å²) in [6, 6.07) is 17.9. The van der Waals surface area contributed by atoms with E-state index in [1.807, 2.05) is 6.92 Å². The quantitative estimate of drug-likeness (QED) is 0.224. The number of hydrazone groups is 1. The lowest BCUT2D eigenvalue weighted by molar-refractivity contribution is 0.0734. The summed E-state index contributed by atoms with van der Waals surface area (Å²) in [4.78, 5) is 24.3. The fourth-order valence-corrected chi connectivity index (χ4v) is 2.81. The highest BCUT2D eigenvalue weighted by molar-refractivity contribution is 6.42. The van der Waals surface area contributed by atoms with Crippen LogP contribution in [0.2, 0.25) is 10.0 Å². The minimum absolute atomic E-state index is 0.286. The number of benzene rings is 3. The first-order valence-corrected chi connectivity index (χ1v) is 10.1. The Labute approximate surface area is 189 Å². The SMILES string of the molecule is CCOc1ccc(C(=O)Oc2ccc(C=NNC(=O)c3ccc(Cl)c(Cl)c3)cc2)cc1. The number of esters is 1. The molecule has 0 heterocycles. The highest BCUT2D eigenvalue weighted by Crippen LogP contribution is 2.22. The van der Waals surface area contributed by atoms with Gasteiger partial charge in [0.1, 0.15) is 11.5 Å². The van der Waals surface area contributed by atoms with Crippen molar-refractivity contribution in [3.8, 4) is 11.5 Å². The third kappa shape index (κ3) is 6.31. The minimum Gasteiger partial charge on any atom is -0.494 e. The van der Waals surface area contributed by atoms with Gasteiger partial charge < -0.3 is 9.47 Å². The number of carbonyl (C=O) groups excluding carboxylic acids is 2. The minimum atomic E-state index is -0.474. The van der Waals surface area contributed by atoms with Crippen LogP contribution in [-0.2, 0) is 0 Å². The molecule has 0 aromatic heterocycles. The first-order valence-electron chi connectivity index (χ1n) is 9.30. The predicted octanol–water partition coefficient (Wildman–Crippen LogP) is 5.38. The van der Waals surface area contributed by atoms with E-state index in [4.69, 9.17) is 32.7 Å². The summed E-state index contributed by atoms with van der Waals surface area (Å²) in [6.45, 7) is 2.44. The Morgan fingerprint density at radius 3 is 2.19 bits per heavy atom. The molecule has 0 saturated heterocycles. The van der Waals surface area contributed by atoms with Crippen LogP contribution in [0.5, 0.6) is 11.5 Å². The van der Waals surface area contributed by atoms with Crippen LogP contribution in [0.3, 0.4) is 0 Å². The van der Waals surface area contributed by atoms with Crippen molar-refractivity contribution in [3.05, 3.63) is 93.5 Å². The molecule has 3 aromatic rings. The first kappa shape index (κ1) is 22.3. The molecular formula is C23H18Cl2N2O4. The molecule has 0 radical (unpaired) electrons. The van der Waals surface area contributed by atoms with Gasteiger partial charge in [-0.3, -0.25) is 4.79 Å². The molecule has 0 unspecified atom stereocenters. The zero-order valence-corrected chi connectivity index (χ0v) is 18.0. The van der Waals surface area contributed by atoms with E-state index in [9.17, 15) is 9.59 Å². The Hall–Kier alpha value is -3.35. The summed E-state index contributed by atoms with van der Waals surface area (Å²) in [5.41, 5.74) is 3.87. The summed E-state index contributed by atoms with van der Waals surface area (Å²) in [7, 11) is 0. The summed E-state index contributed by atoms with van der Waals surface area (Å²) in [6.07, 6.45) is 1.47. The van der Waals surface area contributed by atoms with Gasteiger partial charge in [-0.25, -0.2) is 10.2 Å². The third-order valence-corrected chi connectivity index (χ3v) is 4.79. The number of nitrogens with zero attached hydrogens (tertiary/aromatic N) is 1. The molecule has 1 N–H and O–H groups in total. The Morgan fingerprint density at radius 2 is 1.55 bits per heavy atom. The van der Waals surface area contributed by atoms with Gasteiger partial charge in [0.15, 0.2) is 0 Å². The van der Waals surface area contributed by atoms with Gasteiger partial charge >= 0.3 is 5.97 Å². The maximum atomic E-state index is 12.2. The molecule has 8 heteroatoms. The molecule has 0 fully saturated rings. The van der Waals surface area contributed by atoms with Gasteiger partial charge in [0, 0.05) is 5.56 Å². The number of amides is 1. The number of hydrogen-bond acceptors (Lipinski definition) is 5. The number of carbonyl (C=O) groups is 2. The van der Waals surface area contributed by atoms with Crippen LogP contribution in [0.4, 0.5) is 0 Å². The molecular weight excluding hydrogens is 439 g/mol. The Kier molecular flexibility index (Phi) is 7.65. The standard InChI is InChI=1S/C23H18Cl2N2O4/c1-2-30-18-10-5-16(6-11-18)23(29)31-19-8-3-15(4-9-19)14-26-27-22(28)17-7-12-20(24)21(25)13-17/h3-14H,2H2,1H3,(H,27,28). The zero-order chi connectivity index (χ0) is 22.2. The lowest BCUT2D eigenvalue weighted by atomic mass is 10.2. The van der Waals surface area contributed by atoms with E-state index in [1.54, 1.807) is 54.6 Å². The van der Waals surface area contributed by atoms with Crippen molar-refractivity contribution in [2.45, 2.75) is 6.92 Å². The maximum Gasteiger partial charge on any atom is 0.343 e. The molecule has 0 spiro atoms. The molecule has 31 heavy (non-hydrogen) atoms. The summed E-state index contributed by atoms with van der Waals surface area (Å²) < 4.78 is 10.7. The van der Waals surface area contributed by atoms with Gasteiger partial charge in [-0.1, -0.05) is 23.2 Å². The molecule has 0 bridgehead atoms. The fraction of sp³-hybridized carbons (Fsp3) is 0.0870. The van der Waals surface area contributed by atoms with Crippen LogP contribution < -0.4 is 14.9 Å². The second kappa shape index (κ2) is 10.6. The molecule has 6 nitrogen and oxygen atoms in total. The Morgan fingerprint density at radius 1 is 0.903 bits per heavy atom. The van der Waals surface area contributed by atoms with Crippen molar-refractivity contribution in [1.29, 1.82) is 0 Å². The molecule has 3 aromatic carbocycles. The Balaban J connectivity index is 1.55. The van der Waals surface area contributed by atoms with Crippen molar-refractivity contribution < 1.29 is 19.1 Å². The monoisotopic (exact) mass is 456 g/mol. The number of nitrogens with one attached hydrogen (secondary N) is 1. The summed E-state index contributed by atoms with van der Waals surface area (Å²) in [5.74, 6) is 0.180. The van der Waals surface area contributed by atoms with Gasteiger partial charge in [-0.15, -0.1) is 0 Å². The van der Waals surface area contributed by atoms with E-state index in [1.165, 1.54) is 18.3 Å². The second-order valence-electron chi connectivity index (χ2n) is 6.24. The molecule has 0 saturated carbocycles. The zero-order valence-electron chi connectivity index (χ0n) is 16.5. The van der Waals surface area contributed by atoms with Crippen LogP contribution in [0, 0.1) is 0 Å². The highest BCUT2D eigenvalue weighted by Gasteiger charge is 2.09. The van der Waals surface area contributed by atoms with Crippen LogP contribution in [0.25, 0.3) is 0 Å². The number of rotatable bonds is 7. The Bertz CT molecular complexity index is 1100. The molecule has 0 atom stereocenters. The van der Waals surface area contributed by atoms with Crippen molar-refractivity contribution in [2.75, 3.05) is 6.61 Å². The average Bonchev–Trinajstić information content (AvgIpc) is 2.77. The lowest BCUT2D eigenvalue weighted by Crippen LogP contribution is -2.17. The topological polar surface area (TPSA) is 77.0 Å². The molecule has 0 aliphatic rings. The molecule has 3 rings (SSSR count). The van der Waals surface area contributed by atoms with E-state index in [2.05, 4.69) is 10.5 Å². The number of hydrogen-bond donors (Lipinski definition) is 1. The van der Waals surface area contributed by atoms with E-state index in [-0.39, 0.29) is 5.02 Å². The van der Waals surface area contributed by atoms with Crippen molar-refractivity contribution in [3.63, 3.8) is 0 Å². The van der Waals surface area contributed by atoms with Crippen molar-refractivity contribution in [1.82, 2.24) is 5.43 Å². The number of ether oxygens (including phenoxy) is 2. The van der Waals surface area contributed by atoms with E-state index >= 15 is 0 Å². The molecule has 158 valence electrons. The van der Waals surface area contributed by atoms with Crippen molar-refractivity contribution in [2.24, 2.45) is 5.10 Å². The van der Waals surface area contributed by atoms with Gasteiger partial charge in [-0.05, 0) is 79.2 Å². The number of halogens is 2. The first-order chi connectivity index (χ1) is 15.0. The van der Waals surface area contributed by atoms with Crippen LogP contribution in [-0.4, -0.2) is 24.7 Å². The average molecular weight is 457 g/mol. The molecule has 1 amide bonds. The predicted molar refractivity (Wildman–Crippen MR) is 121 cm³/mol. The smallest absolute Gasteiger partial charge is 0.343 e. The van der Waals surface area contributed by atoms with Crippen molar-refractivity contribution >= 4 is 41.3 Å². The van der Waals surface area contributed by atoms with E-state index < -0.39 is 11.9 Å². The van der Waals surface area contributed by atoms with Gasteiger partial charge in [-0.2, -0.15) is 5.10 Å². The maximum absolute atomic E-state index is 12.2. The molecule has 0 aliphatic carbocycles. The second-order valence-corrected chi connectivity index (χ2v) is 7.06. The summed E-state index contributed by atoms with van der Waals surface area (Å²) >= 11 is 11.7. The molecule has 0 aliphatic heterocycles. The van der Waals surface area contributed by atoms with Crippen LogP contribution in [0.1, 0.15) is 33.2 Å². The van der Waals surface area contributed by atoms with Crippen LogP contribution >= 0.6 is 23.2 Å². The largest absolute Gasteiger partial charge is 0.494 e. The lowest BCUT2D eigenvalue weighted by Gasteiger charge is -2.06. The van der Waals surface area contributed by atoms with Gasteiger partial charge in [0.2, 0.25) is 0 Å².